The molecule has 28 heavy (non-hydrogen) atoms. The zero-order chi connectivity index (χ0) is 19.6. The largest absolute Gasteiger partial charge is 0.468 e. The van der Waals surface area contributed by atoms with Gasteiger partial charge >= 0.3 is 0 Å². The molecule has 0 radical (unpaired) electrons. The van der Waals surface area contributed by atoms with Crippen LogP contribution in [-0.4, -0.2) is 18.4 Å². The highest BCUT2D eigenvalue weighted by Gasteiger charge is 2.06. The van der Waals surface area contributed by atoms with Crippen LogP contribution in [0.25, 0.3) is 0 Å². The molecular weight excluding hydrogens is 354 g/mol. The molecule has 0 aliphatic carbocycles. The Kier molecular flexibility index (Phi) is 6.98. The lowest BCUT2D eigenvalue weighted by molar-refractivity contribution is -0.116. The predicted octanol–water partition coefficient (Wildman–Crippen LogP) is 3.58. The van der Waals surface area contributed by atoms with Gasteiger partial charge in [0.05, 0.1) is 19.4 Å². The van der Waals surface area contributed by atoms with Gasteiger partial charge in [0.2, 0.25) is 11.8 Å². The Morgan fingerprint density at radius 1 is 0.821 bits per heavy atom. The molecule has 2 aromatic carbocycles. The molecule has 0 aliphatic rings. The van der Waals surface area contributed by atoms with E-state index in [2.05, 4.69) is 16.0 Å². The van der Waals surface area contributed by atoms with E-state index < -0.39 is 0 Å². The van der Waals surface area contributed by atoms with Crippen molar-refractivity contribution >= 4 is 23.2 Å². The number of hydrogen-bond acceptors (Lipinski definition) is 4. The Morgan fingerprint density at radius 2 is 1.57 bits per heavy atom. The molecule has 3 rings (SSSR count). The molecule has 0 unspecified atom stereocenters. The van der Waals surface area contributed by atoms with Crippen molar-refractivity contribution in [3.8, 4) is 0 Å². The van der Waals surface area contributed by atoms with Crippen LogP contribution in [0.1, 0.15) is 17.7 Å². The van der Waals surface area contributed by atoms with Crippen molar-refractivity contribution in [2.24, 2.45) is 0 Å². The number of furan rings is 1. The standard InChI is InChI=1S/C22H23N3O3/c26-21(12-11-17-6-2-1-3-7-17)24-18-8-4-9-19(14-18)25-22(27)16-23-15-20-10-5-13-28-20/h1-10,13-14,23H,11-12,15-16H2,(H,24,26)(H,25,27). The quantitative estimate of drug-likeness (QED) is 0.532. The summed E-state index contributed by atoms with van der Waals surface area (Å²) in [7, 11) is 0. The summed E-state index contributed by atoms with van der Waals surface area (Å²) in [6, 6.07) is 20.6. The average molecular weight is 377 g/mol. The highest BCUT2D eigenvalue weighted by Crippen LogP contribution is 2.15. The van der Waals surface area contributed by atoms with Gasteiger partial charge in [0.1, 0.15) is 5.76 Å². The van der Waals surface area contributed by atoms with E-state index >= 15 is 0 Å². The van der Waals surface area contributed by atoms with Crippen LogP contribution in [0.5, 0.6) is 0 Å². The third-order valence-corrected chi connectivity index (χ3v) is 4.08. The molecule has 0 bridgehead atoms. The first-order valence-electron chi connectivity index (χ1n) is 9.16. The maximum absolute atomic E-state index is 12.2. The number of aryl methyl sites for hydroxylation is 1. The smallest absolute Gasteiger partial charge is 0.238 e. The van der Waals surface area contributed by atoms with Crippen LogP contribution in [0.2, 0.25) is 0 Å². The summed E-state index contributed by atoms with van der Waals surface area (Å²) in [6.45, 7) is 0.645. The molecule has 3 N–H and O–H groups in total. The zero-order valence-corrected chi connectivity index (χ0v) is 15.5. The van der Waals surface area contributed by atoms with Gasteiger partial charge in [-0.05, 0) is 42.3 Å². The summed E-state index contributed by atoms with van der Waals surface area (Å²) in [5.41, 5.74) is 2.41. The number of benzene rings is 2. The minimum absolute atomic E-state index is 0.0626. The topological polar surface area (TPSA) is 83.4 Å². The normalized spacial score (nSPS) is 10.4. The van der Waals surface area contributed by atoms with Crippen molar-refractivity contribution in [1.29, 1.82) is 0 Å². The van der Waals surface area contributed by atoms with Crippen LogP contribution < -0.4 is 16.0 Å². The minimum Gasteiger partial charge on any atom is -0.468 e. The maximum atomic E-state index is 12.2. The molecule has 6 heteroatoms. The Bertz CT molecular complexity index is 892. The van der Waals surface area contributed by atoms with E-state index in [9.17, 15) is 9.59 Å². The van der Waals surface area contributed by atoms with Crippen LogP contribution in [0.3, 0.4) is 0 Å². The van der Waals surface area contributed by atoms with Crippen molar-refractivity contribution in [3.63, 3.8) is 0 Å². The first kappa shape index (κ1) is 19.4. The van der Waals surface area contributed by atoms with Crippen molar-refractivity contribution in [3.05, 3.63) is 84.3 Å². The molecule has 0 saturated heterocycles. The molecular formula is C22H23N3O3. The lowest BCUT2D eigenvalue weighted by atomic mass is 10.1. The molecule has 0 saturated carbocycles. The fourth-order valence-corrected chi connectivity index (χ4v) is 2.72. The fourth-order valence-electron chi connectivity index (χ4n) is 2.72. The van der Waals surface area contributed by atoms with Gasteiger partial charge in [-0.3, -0.25) is 9.59 Å². The lowest BCUT2D eigenvalue weighted by Crippen LogP contribution is -2.27. The van der Waals surface area contributed by atoms with Crippen LogP contribution in [0.15, 0.2) is 77.4 Å². The third-order valence-electron chi connectivity index (χ3n) is 4.08. The van der Waals surface area contributed by atoms with Gasteiger partial charge in [-0.2, -0.15) is 0 Å². The van der Waals surface area contributed by atoms with Crippen LogP contribution in [0, 0.1) is 0 Å². The van der Waals surface area contributed by atoms with Gasteiger partial charge in [-0.25, -0.2) is 0 Å². The van der Waals surface area contributed by atoms with E-state index in [1.54, 1.807) is 36.6 Å². The molecule has 0 spiro atoms. The van der Waals surface area contributed by atoms with Gasteiger partial charge in [-0.1, -0.05) is 36.4 Å². The number of hydrogen-bond donors (Lipinski definition) is 3. The summed E-state index contributed by atoms with van der Waals surface area (Å²) in [5, 5.41) is 8.69. The molecule has 0 fully saturated rings. The monoisotopic (exact) mass is 377 g/mol. The summed E-state index contributed by atoms with van der Waals surface area (Å²) >= 11 is 0. The molecule has 3 aromatic rings. The first-order valence-corrected chi connectivity index (χ1v) is 9.16. The van der Waals surface area contributed by atoms with Crippen molar-refractivity contribution < 1.29 is 14.0 Å². The van der Waals surface area contributed by atoms with Crippen LogP contribution in [-0.2, 0) is 22.6 Å². The maximum Gasteiger partial charge on any atom is 0.238 e. The Hall–Kier alpha value is -3.38. The predicted molar refractivity (Wildman–Crippen MR) is 109 cm³/mol. The number of amides is 2. The molecule has 6 nitrogen and oxygen atoms in total. The van der Waals surface area contributed by atoms with Gasteiger partial charge in [0.25, 0.3) is 0 Å². The zero-order valence-electron chi connectivity index (χ0n) is 15.5. The van der Waals surface area contributed by atoms with E-state index in [0.29, 0.717) is 30.8 Å². The highest BCUT2D eigenvalue weighted by molar-refractivity contribution is 5.94. The molecule has 1 aromatic heterocycles. The van der Waals surface area contributed by atoms with Crippen molar-refractivity contribution in [1.82, 2.24) is 5.32 Å². The molecule has 0 aliphatic heterocycles. The first-order chi connectivity index (χ1) is 13.7. The fraction of sp³-hybridized carbons (Fsp3) is 0.182. The highest BCUT2D eigenvalue weighted by atomic mass is 16.3. The number of anilines is 2. The van der Waals surface area contributed by atoms with Gasteiger partial charge in [0.15, 0.2) is 0 Å². The Balaban J connectivity index is 1.43. The molecule has 144 valence electrons. The summed E-state index contributed by atoms with van der Waals surface area (Å²) in [4.78, 5) is 24.2. The van der Waals surface area contributed by atoms with Gasteiger partial charge in [0, 0.05) is 17.8 Å². The number of carbonyl (C=O) groups excluding carboxylic acids is 2. The SMILES string of the molecule is O=C(CCc1ccccc1)Nc1cccc(NC(=O)CNCc2ccco2)c1. The van der Waals surface area contributed by atoms with Gasteiger partial charge in [-0.15, -0.1) is 0 Å². The van der Waals surface area contributed by atoms with Crippen LogP contribution in [0.4, 0.5) is 11.4 Å². The van der Waals surface area contributed by atoms with E-state index in [4.69, 9.17) is 4.42 Å². The summed E-state index contributed by atoms with van der Waals surface area (Å²) < 4.78 is 5.20. The lowest BCUT2D eigenvalue weighted by Gasteiger charge is -2.09. The summed E-state index contributed by atoms with van der Waals surface area (Å²) in [6.07, 6.45) is 2.68. The van der Waals surface area contributed by atoms with Crippen LogP contribution >= 0.6 is 0 Å². The van der Waals surface area contributed by atoms with E-state index in [-0.39, 0.29) is 18.4 Å². The number of rotatable bonds is 9. The average Bonchev–Trinajstić information content (AvgIpc) is 3.21. The Morgan fingerprint density at radius 3 is 2.29 bits per heavy atom. The minimum atomic E-state index is -0.167. The Labute approximate surface area is 164 Å². The number of carbonyl (C=O) groups is 2. The van der Waals surface area contributed by atoms with Gasteiger partial charge < -0.3 is 20.4 Å². The molecule has 2 amide bonds. The molecule has 0 atom stereocenters. The third kappa shape index (κ3) is 6.41. The second-order valence-corrected chi connectivity index (χ2v) is 6.35. The van der Waals surface area contributed by atoms with E-state index in [1.807, 2.05) is 36.4 Å². The number of nitrogens with one attached hydrogen (secondary N) is 3. The van der Waals surface area contributed by atoms with Crippen molar-refractivity contribution in [2.75, 3.05) is 17.2 Å². The molecule has 1 heterocycles. The summed E-state index contributed by atoms with van der Waals surface area (Å²) in [5.74, 6) is 0.541. The van der Waals surface area contributed by atoms with E-state index in [1.165, 1.54) is 0 Å². The second kappa shape index (κ2) is 10.1. The second-order valence-electron chi connectivity index (χ2n) is 6.35. The van der Waals surface area contributed by atoms with E-state index in [0.717, 1.165) is 11.3 Å². The van der Waals surface area contributed by atoms with Crippen molar-refractivity contribution in [2.45, 2.75) is 19.4 Å².